The number of amides is 2. The first-order chi connectivity index (χ1) is 18.6. The lowest BCUT2D eigenvalue weighted by Crippen LogP contribution is -2.49. The Labute approximate surface area is 222 Å². The highest BCUT2D eigenvalue weighted by molar-refractivity contribution is 6.22. The van der Waals surface area contributed by atoms with Crippen molar-refractivity contribution in [3.8, 4) is 5.75 Å². The van der Waals surface area contributed by atoms with Crippen LogP contribution in [0.5, 0.6) is 5.75 Å². The zero-order chi connectivity index (χ0) is 28.3. The summed E-state index contributed by atoms with van der Waals surface area (Å²) in [7, 11) is 0. The number of hydrogen-bond donors (Lipinski definition) is 0. The standard InChI is InChI=1S/C28H22N2O9/c1-16(2)24(29-25(32)21-5-3-4-6-22(21)26(29)33)28(35)38-15-23(31)17-9-13-20(14-10-17)39-27(34)18-7-11-19(12-8-18)30(36)37/h3-14,16,24H,15H2,1-2H3/t24-/m0/s1. The van der Waals surface area contributed by atoms with Gasteiger partial charge in [-0.1, -0.05) is 26.0 Å². The molecule has 2 amide bonds. The van der Waals surface area contributed by atoms with Gasteiger partial charge in [0, 0.05) is 17.7 Å². The van der Waals surface area contributed by atoms with Gasteiger partial charge in [-0.2, -0.15) is 0 Å². The fourth-order valence-corrected chi connectivity index (χ4v) is 4.04. The average Bonchev–Trinajstić information content (AvgIpc) is 3.17. The number of benzene rings is 3. The molecule has 0 N–H and O–H groups in total. The number of Topliss-reactive ketones (excluding diaryl/α,β-unsaturated/α-hetero) is 1. The van der Waals surface area contributed by atoms with Gasteiger partial charge in [0.2, 0.25) is 0 Å². The summed E-state index contributed by atoms with van der Waals surface area (Å²) < 4.78 is 10.4. The Balaban J connectivity index is 1.36. The van der Waals surface area contributed by atoms with Crippen LogP contribution in [0.3, 0.4) is 0 Å². The monoisotopic (exact) mass is 530 g/mol. The first-order valence-electron chi connectivity index (χ1n) is 11.8. The van der Waals surface area contributed by atoms with Crippen LogP contribution in [-0.4, -0.2) is 52.0 Å². The number of nitro benzene ring substituents is 1. The number of imide groups is 1. The minimum Gasteiger partial charge on any atom is -0.456 e. The van der Waals surface area contributed by atoms with Crippen LogP contribution in [0.2, 0.25) is 0 Å². The minimum atomic E-state index is -1.22. The summed E-state index contributed by atoms with van der Waals surface area (Å²) in [5.74, 6) is -3.74. The molecule has 0 saturated carbocycles. The lowest BCUT2D eigenvalue weighted by molar-refractivity contribution is -0.384. The van der Waals surface area contributed by atoms with Crippen molar-refractivity contribution in [3.05, 3.63) is 105 Å². The third kappa shape index (κ3) is 5.57. The molecular weight excluding hydrogens is 508 g/mol. The molecule has 3 aromatic rings. The summed E-state index contributed by atoms with van der Waals surface area (Å²) in [4.78, 5) is 74.5. The van der Waals surface area contributed by atoms with E-state index in [4.69, 9.17) is 9.47 Å². The third-order valence-electron chi connectivity index (χ3n) is 6.02. The first kappa shape index (κ1) is 26.9. The largest absolute Gasteiger partial charge is 0.456 e. The second kappa shape index (κ2) is 11.1. The summed E-state index contributed by atoms with van der Waals surface area (Å²) in [6, 6.07) is 15.4. The predicted octanol–water partition coefficient (Wildman–Crippen LogP) is 3.86. The number of rotatable bonds is 9. The summed E-state index contributed by atoms with van der Waals surface area (Å²) >= 11 is 0. The molecule has 1 aliphatic rings. The molecule has 3 aromatic carbocycles. The molecule has 0 aliphatic carbocycles. The van der Waals surface area contributed by atoms with E-state index in [-0.39, 0.29) is 33.7 Å². The number of carbonyl (C=O) groups excluding carboxylic acids is 5. The summed E-state index contributed by atoms with van der Waals surface area (Å²) in [5.41, 5.74) is 0.501. The maximum atomic E-state index is 12.9. The van der Waals surface area contributed by atoms with E-state index in [1.54, 1.807) is 26.0 Å². The Morgan fingerprint density at radius 3 is 1.90 bits per heavy atom. The van der Waals surface area contributed by atoms with Crippen molar-refractivity contribution in [2.24, 2.45) is 5.92 Å². The highest BCUT2D eigenvalue weighted by atomic mass is 16.6. The lowest BCUT2D eigenvalue weighted by Gasteiger charge is -2.27. The van der Waals surface area contributed by atoms with Gasteiger partial charge in [0.05, 0.1) is 21.6 Å². The molecular formula is C28H22N2O9. The Hall–Kier alpha value is -5.19. The molecule has 0 unspecified atom stereocenters. The van der Waals surface area contributed by atoms with E-state index in [0.29, 0.717) is 0 Å². The number of nitrogens with zero attached hydrogens (tertiary/aromatic N) is 2. The molecule has 11 heteroatoms. The fourth-order valence-electron chi connectivity index (χ4n) is 4.04. The topological polar surface area (TPSA) is 150 Å². The highest BCUT2D eigenvalue weighted by Crippen LogP contribution is 2.28. The minimum absolute atomic E-state index is 0.102. The molecule has 0 aromatic heterocycles. The van der Waals surface area contributed by atoms with Crippen LogP contribution in [0, 0.1) is 16.0 Å². The molecule has 0 fully saturated rings. The van der Waals surface area contributed by atoms with Crippen LogP contribution in [0.4, 0.5) is 5.69 Å². The molecule has 0 radical (unpaired) electrons. The number of non-ortho nitro benzene ring substituents is 1. The molecule has 1 atom stereocenters. The first-order valence-corrected chi connectivity index (χ1v) is 11.8. The Morgan fingerprint density at radius 1 is 0.846 bits per heavy atom. The SMILES string of the molecule is CC(C)[C@@H](C(=O)OCC(=O)c1ccc(OC(=O)c2ccc([N+](=O)[O-])cc2)cc1)N1C(=O)c2ccccc2C1=O. The molecule has 4 rings (SSSR count). The zero-order valence-corrected chi connectivity index (χ0v) is 20.9. The molecule has 11 nitrogen and oxygen atoms in total. The third-order valence-corrected chi connectivity index (χ3v) is 6.02. The van der Waals surface area contributed by atoms with Crippen LogP contribution in [0.1, 0.15) is 55.3 Å². The van der Waals surface area contributed by atoms with Crippen molar-refractivity contribution in [1.29, 1.82) is 0 Å². The maximum Gasteiger partial charge on any atom is 0.343 e. The van der Waals surface area contributed by atoms with E-state index in [1.807, 2.05) is 0 Å². The number of carbonyl (C=O) groups is 5. The van der Waals surface area contributed by atoms with Crippen LogP contribution >= 0.6 is 0 Å². The second-order valence-corrected chi connectivity index (χ2v) is 8.96. The quantitative estimate of drug-likeness (QED) is 0.100. The normalized spacial score (nSPS) is 13.2. The maximum absolute atomic E-state index is 12.9. The number of hydrogen-bond acceptors (Lipinski definition) is 9. The number of esters is 2. The molecule has 39 heavy (non-hydrogen) atoms. The van der Waals surface area contributed by atoms with Crippen molar-refractivity contribution in [1.82, 2.24) is 4.90 Å². The van der Waals surface area contributed by atoms with Gasteiger partial charge < -0.3 is 9.47 Å². The molecule has 0 bridgehead atoms. The summed E-state index contributed by atoms with van der Waals surface area (Å²) in [5, 5.41) is 10.7. The number of ketones is 1. The van der Waals surface area contributed by atoms with Crippen molar-refractivity contribution in [2.45, 2.75) is 19.9 Å². The van der Waals surface area contributed by atoms with Gasteiger partial charge in [0.1, 0.15) is 11.8 Å². The number of fused-ring (bicyclic) bond motifs is 1. The van der Waals surface area contributed by atoms with E-state index in [9.17, 15) is 34.1 Å². The van der Waals surface area contributed by atoms with Crippen LogP contribution in [-0.2, 0) is 9.53 Å². The fraction of sp³-hybridized carbons (Fsp3) is 0.179. The van der Waals surface area contributed by atoms with E-state index in [1.165, 1.54) is 60.7 Å². The van der Waals surface area contributed by atoms with Crippen LogP contribution < -0.4 is 4.74 Å². The van der Waals surface area contributed by atoms with E-state index in [2.05, 4.69) is 0 Å². The van der Waals surface area contributed by atoms with Gasteiger partial charge in [-0.05, 0) is 54.4 Å². The molecule has 1 heterocycles. The second-order valence-electron chi connectivity index (χ2n) is 8.96. The van der Waals surface area contributed by atoms with E-state index >= 15 is 0 Å². The zero-order valence-electron chi connectivity index (χ0n) is 20.9. The lowest BCUT2D eigenvalue weighted by atomic mass is 10.0. The van der Waals surface area contributed by atoms with Crippen molar-refractivity contribution in [3.63, 3.8) is 0 Å². The Kier molecular flexibility index (Phi) is 7.61. The molecule has 0 saturated heterocycles. The molecule has 0 spiro atoms. The van der Waals surface area contributed by atoms with Gasteiger partial charge in [-0.15, -0.1) is 0 Å². The molecule has 198 valence electrons. The van der Waals surface area contributed by atoms with Gasteiger partial charge >= 0.3 is 11.9 Å². The van der Waals surface area contributed by atoms with Gasteiger partial charge in [0.25, 0.3) is 17.5 Å². The smallest absolute Gasteiger partial charge is 0.343 e. The number of ether oxygens (including phenoxy) is 2. The van der Waals surface area contributed by atoms with E-state index < -0.39 is 53.0 Å². The van der Waals surface area contributed by atoms with Crippen LogP contribution in [0.15, 0.2) is 72.8 Å². The van der Waals surface area contributed by atoms with Crippen molar-refractivity contribution >= 4 is 35.2 Å². The Morgan fingerprint density at radius 2 is 1.38 bits per heavy atom. The average molecular weight is 530 g/mol. The van der Waals surface area contributed by atoms with Crippen LogP contribution in [0.25, 0.3) is 0 Å². The van der Waals surface area contributed by atoms with Gasteiger partial charge in [0.15, 0.2) is 12.4 Å². The number of nitro groups is 1. The Bertz CT molecular complexity index is 1440. The van der Waals surface area contributed by atoms with Gasteiger partial charge in [-0.25, -0.2) is 9.59 Å². The highest BCUT2D eigenvalue weighted by Gasteiger charge is 2.44. The van der Waals surface area contributed by atoms with E-state index in [0.717, 1.165) is 4.90 Å². The summed E-state index contributed by atoms with van der Waals surface area (Å²) in [6.07, 6.45) is 0. The molecule has 1 aliphatic heterocycles. The van der Waals surface area contributed by atoms with Crippen molar-refractivity contribution < 1.29 is 38.4 Å². The van der Waals surface area contributed by atoms with Crippen molar-refractivity contribution in [2.75, 3.05) is 6.61 Å². The van der Waals surface area contributed by atoms with Gasteiger partial charge in [-0.3, -0.25) is 29.4 Å². The summed E-state index contributed by atoms with van der Waals surface area (Å²) in [6.45, 7) is 2.69. The predicted molar refractivity (Wildman–Crippen MR) is 135 cm³/mol.